The van der Waals surface area contributed by atoms with Crippen molar-refractivity contribution in [3.63, 3.8) is 0 Å². The fraction of sp³-hybridized carbons (Fsp3) is 0.562. The van der Waals surface area contributed by atoms with Crippen LogP contribution in [0.4, 0.5) is 0 Å². The van der Waals surface area contributed by atoms with Crippen LogP contribution in [-0.4, -0.2) is 54.9 Å². The number of hydrogen-bond acceptors (Lipinski definition) is 3. The Labute approximate surface area is 116 Å². The largest absolute Gasteiger partial charge is 0.304 e. The number of ketones is 1. The standard InChI is InChI=1S/C16H24N2O/c1-12-5-6-15(9-13(12)2)16(19)11-18-8-7-17(4)10-14(18)3/h5-6,9,14H,7-8,10-11H2,1-4H3. The van der Waals surface area contributed by atoms with Gasteiger partial charge in [-0.05, 0) is 45.0 Å². The molecule has 0 aromatic heterocycles. The Hall–Kier alpha value is -1.19. The molecule has 104 valence electrons. The molecule has 3 nitrogen and oxygen atoms in total. The van der Waals surface area contributed by atoms with E-state index in [1.807, 2.05) is 18.2 Å². The maximum absolute atomic E-state index is 12.3. The van der Waals surface area contributed by atoms with Crippen molar-refractivity contribution in [2.75, 3.05) is 33.2 Å². The molecule has 1 aromatic rings. The number of nitrogens with zero attached hydrogens (tertiary/aromatic N) is 2. The van der Waals surface area contributed by atoms with Crippen molar-refractivity contribution in [3.8, 4) is 0 Å². The Morgan fingerprint density at radius 3 is 2.63 bits per heavy atom. The van der Waals surface area contributed by atoms with Crippen molar-refractivity contribution in [1.29, 1.82) is 0 Å². The van der Waals surface area contributed by atoms with E-state index in [-0.39, 0.29) is 5.78 Å². The number of benzene rings is 1. The smallest absolute Gasteiger partial charge is 0.176 e. The summed E-state index contributed by atoms with van der Waals surface area (Å²) >= 11 is 0. The first-order valence-corrected chi connectivity index (χ1v) is 7.00. The SMILES string of the molecule is Cc1ccc(C(=O)CN2CCN(C)CC2C)cc1C. The number of Topliss-reactive ketones (excluding diaryl/α,β-unsaturated/α-hetero) is 1. The molecule has 0 radical (unpaired) electrons. The van der Waals surface area contributed by atoms with Crippen molar-refractivity contribution in [2.45, 2.75) is 26.8 Å². The molecule has 0 aliphatic carbocycles. The summed E-state index contributed by atoms with van der Waals surface area (Å²) in [6.45, 7) is 9.94. The van der Waals surface area contributed by atoms with Crippen LogP contribution < -0.4 is 0 Å². The lowest BCUT2D eigenvalue weighted by atomic mass is 10.0. The third-order valence-electron chi connectivity index (χ3n) is 4.14. The first-order valence-electron chi connectivity index (χ1n) is 7.00. The maximum Gasteiger partial charge on any atom is 0.176 e. The molecule has 2 rings (SSSR count). The molecule has 0 N–H and O–H groups in total. The predicted octanol–water partition coefficient (Wildman–Crippen LogP) is 2.12. The van der Waals surface area contributed by atoms with E-state index in [2.05, 4.69) is 37.6 Å². The minimum Gasteiger partial charge on any atom is -0.304 e. The summed E-state index contributed by atoms with van der Waals surface area (Å²) in [5.74, 6) is 0.236. The molecular weight excluding hydrogens is 236 g/mol. The van der Waals surface area contributed by atoms with Gasteiger partial charge in [0.25, 0.3) is 0 Å². The summed E-state index contributed by atoms with van der Waals surface area (Å²) in [5, 5.41) is 0. The summed E-state index contributed by atoms with van der Waals surface area (Å²) in [7, 11) is 2.14. The van der Waals surface area contributed by atoms with Crippen LogP contribution in [0.25, 0.3) is 0 Å². The van der Waals surface area contributed by atoms with Crippen molar-refractivity contribution in [2.24, 2.45) is 0 Å². The first kappa shape index (κ1) is 14.2. The van der Waals surface area contributed by atoms with Gasteiger partial charge < -0.3 is 4.90 Å². The summed E-state index contributed by atoms with van der Waals surface area (Å²) in [4.78, 5) is 17.0. The van der Waals surface area contributed by atoms with Gasteiger partial charge in [-0.3, -0.25) is 9.69 Å². The Bertz CT molecular complexity index is 470. The number of hydrogen-bond donors (Lipinski definition) is 0. The van der Waals surface area contributed by atoms with Gasteiger partial charge in [0, 0.05) is 31.2 Å². The minimum atomic E-state index is 0.236. The maximum atomic E-state index is 12.3. The van der Waals surface area contributed by atoms with Gasteiger partial charge in [-0.2, -0.15) is 0 Å². The van der Waals surface area contributed by atoms with E-state index in [4.69, 9.17) is 0 Å². The number of aryl methyl sites for hydroxylation is 2. The fourth-order valence-corrected chi connectivity index (χ4v) is 2.60. The second-order valence-electron chi connectivity index (χ2n) is 5.80. The van der Waals surface area contributed by atoms with Gasteiger partial charge in [0.05, 0.1) is 6.54 Å². The highest BCUT2D eigenvalue weighted by Gasteiger charge is 2.23. The van der Waals surface area contributed by atoms with Gasteiger partial charge in [-0.1, -0.05) is 12.1 Å². The molecule has 1 aliphatic rings. The van der Waals surface area contributed by atoms with Gasteiger partial charge in [-0.15, -0.1) is 0 Å². The van der Waals surface area contributed by atoms with E-state index in [0.717, 1.165) is 25.2 Å². The Morgan fingerprint density at radius 2 is 2.00 bits per heavy atom. The Morgan fingerprint density at radius 1 is 1.26 bits per heavy atom. The molecule has 0 spiro atoms. The topological polar surface area (TPSA) is 23.6 Å². The van der Waals surface area contributed by atoms with Crippen molar-refractivity contribution in [1.82, 2.24) is 9.80 Å². The fourth-order valence-electron chi connectivity index (χ4n) is 2.60. The number of likely N-dealkylation sites (N-methyl/N-ethyl adjacent to an activating group) is 1. The van der Waals surface area contributed by atoms with Gasteiger partial charge in [-0.25, -0.2) is 0 Å². The molecule has 3 heteroatoms. The normalized spacial score (nSPS) is 21.6. The van der Waals surface area contributed by atoms with E-state index >= 15 is 0 Å². The molecule has 0 bridgehead atoms. The highest BCUT2D eigenvalue weighted by molar-refractivity contribution is 5.97. The van der Waals surface area contributed by atoms with E-state index < -0.39 is 0 Å². The van der Waals surface area contributed by atoms with Crippen LogP contribution in [0.2, 0.25) is 0 Å². The lowest BCUT2D eigenvalue weighted by molar-refractivity contribution is 0.0747. The predicted molar refractivity (Wildman–Crippen MR) is 78.8 cm³/mol. The minimum absolute atomic E-state index is 0.236. The summed E-state index contributed by atoms with van der Waals surface area (Å²) in [6, 6.07) is 6.45. The zero-order chi connectivity index (χ0) is 14.0. The van der Waals surface area contributed by atoms with Gasteiger partial charge in [0.2, 0.25) is 0 Å². The van der Waals surface area contributed by atoms with Gasteiger partial charge in [0.1, 0.15) is 0 Å². The van der Waals surface area contributed by atoms with Crippen LogP contribution in [0.15, 0.2) is 18.2 Å². The van der Waals surface area contributed by atoms with Crippen LogP contribution in [0.5, 0.6) is 0 Å². The number of piperazine rings is 1. The molecule has 1 saturated heterocycles. The highest BCUT2D eigenvalue weighted by atomic mass is 16.1. The monoisotopic (exact) mass is 260 g/mol. The van der Waals surface area contributed by atoms with Crippen molar-refractivity contribution in [3.05, 3.63) is 34.9 Å². The summed E-state index contributed by atoms with van der Waals surface area (Å²) < 4.78 is 0. The van der Waals surface area contributed by atoms with Crippen LogP contribution in [0.3, 0.4) is 0 Å². The molecule has 1 atom stereocenters. The van der Waals surface area contributed by atoms with E-state index in [9.17, 15) is 4.79 Å². The molecule has 1 unspecified atom stereocenters. The summed E-state index contributed by atoms with van der Waals surface area (Å²) in [6.07, 6.45) is 0. The second-order valence-corrected chi connectivity index (χ2v) is 5.80. The Balaban J connectivity index is 2.02. The molecule has 1 fully saturated rings. The van der Waals surface area contributed by atoms with Crippen molar-refractivity contribution >= 4 is 5.78 Å². The second kappa shape index (κ2) is 5.85. The number of carbonyl (C=O) groups excluding carboxylic acids is 1. The lowest BCUT2D eigenvalue weighted by Gasteiger charge is -2.37. The van der Waals surface area contributed by atoms with Crippen LogP contribution in [-0.2, 0) is 0 Å². The Kier molecular flexibility index (Phi) is 4.38. The molecule has 0 saturated carbocycles. The van der Waals surface area contributed by atoms with Gasteiger partial charge >= 0.3 is 0 Å². The number of carbonyl (C=O) groups is 1. The zero-order valence-electron chi connectivity index (χ0n) is 12.4. The summed E-state index contributed by atoms with van der Waals surface area (Å²) in [5.41, 5.74) is 3.27. The van der Waals surface area contributed by atoms with E-state index in [1.54, 1.807) is 0 Å². The third kappa shape index (κ3) is 3.43. The molecule has 1 heterocycles. The highest BCUT2D eigenvalue weighted by Crippen LogP contribution is 2.13. The van der Waals surface area contributed by atoms with Crippen LogP contribution in [0, 0.1) is 13.8 Å². The van der Waals surface area contributed by atoms with Crippen LogP contribution in [0.1, 0.15) is 28.4 Å². The average molecular weight is 260 g/mol. The molecule has 1 aromatic carbocycles. The molecule has 1 aliphatic heterocycles. The zero-order valence-corrected chi connectivity index (χ0v) is 12.4. The van der Waals surface area contributed by atoms with Gasteiger partial charge in [0.15, 0.2) is 5.78 Å². The van der Waals surface area contributed by atoms with E-state index in [0.29, 0.717) is 12.6 Å². The van der Waals surface area contributed by atoms with E-state index in [1.165, 1.54) is 11.1 Å². The lowest BCUT2D eigenvalue weighted by Crippen LogP contribution is -2.51. The quantitative estimate of drug-likeness (QED) is 0.778. The first-order chi connectivity index (χ1) is 8.97. The third-order valence-corrected chi connectivity index (χ3v) is 4.14. The molecule has 19 heavy (non-hydrogen) atoms. The molecule has 0 amide bonds. The number of rotatable bonds is 3. The average Bonchev–Trinajstić information content (AvgIpc) is 2.36. The van der Waals surface area contributed by atoms with Crippen LogP contribution >= 0.6 is 0 Å². The van der Waals surface area contributed by atoms with Crippen molar-refractivity contribution < 1.29 is 4.79 Å². The molecular formula is C16H24N2O.